The Hall–Kier alpha value is -3.10. The lowest BCUT2D eigenvalue weighted by Gasteiger charge is -2.29. The van der Waals surface area contributed by atoms with E-state index < -0.39 is 35.2 Å². The van der Waals surface area contributed by atoms with E-state index in [4.69, 9.17) is 14.2 Å². The van der Waals surface area contributed by atoms with Crippen molar-refractivity contribution in [3.05, 3.63) is 35.8 Å². The van der Waals surface area contributed by atoms with Crippen LogP contribution in [0.25, 0.3) is 0 Å². The molecule has 9 heteroatoms. The Morgan fingerprint density at radius 2 is 1.83 bits per heavy atom. The molecule has 3 rings (SSSR count). The molecule has 2 aliphatic rings. The number of hydrogen-bond acceptors (Lipinski definition) is 7. The number of nitrogens with zero attached hydrogens (tertiary/aromatic N) is 1. The average molecular weight is 420 g/mol. The number of carbonyl (C=O) groups is 3. The van der Waals surface area contributed by atoms with Crippen LogP contribution in [0.1, 0.15) is 47.5 Å². The SMILES string of the molecule is CC(C)(C)OC(=O)N(c1ccc(NC=C2C(=O)OC(C)(C)OC2=O)cc1F)C1CC1. The largest absolute Gasteiger partial charge is 0.443 e. The van der Waals surface area contributed by atoms with Gasteiger partial charge in [-0.25, -0.2) is 18.8 Å². The van der Waals surface area contributed by atoms with Crippen LogP contribution in [-0.4, -0.2) is 35.5 Å². The summed E-state index contributed by atoms with van der Waals surface area (Å²) in [6.07, 6.45) is 2.03. The van der Waals surface area contributed by atoms with Crippen LogP contribution in [0.15, 0.2) is 30.0 Å². The Balaban J connectivity index is 1.77. The van der Waals surface area contributed by atoms with Crippen LogP contribution in [0, 0.1) is 5.82 Å². The highest BCUT2D eigenvalue weighted by Gasteiger charge is 2.39. The van der Waals surface area contributed by atoms with Crippen LogP contribution in [0.3, 0.4) is 0 Å². The van der Waals surface area contributed by atoms with Gasteiger partial charge in [0.1, 0.15) is 11.4 Å². The zero-order valence-corrected chi connectivity index (χ0v) is 17.6. The number of esters is 2. The summed E-state index contributed by atoms with van der Waals surface area (Å²) in [5, 5.41) is 2.68. The van der Waals surface area contributed by atoms with E-state index in [1.165, 1.54) is 30.9 Å². The summed E-state index contributed by atoms with van der Waals surface area (Å²) in [6, 6.07) is 4.03. The first-order valence-corrected chi connectivity index (χ1v) is 9.61. The Morgan fingerprint density at radius 3 is 2.33 bits per heavy atom. The van der Waals surface area contributed by atoms with Crippen molar-refractivity contribution >= 4 is 29.4 Å². The van der Waals surface area contributed by atoms with Gasteiger partial charge in [-0.1, -0.05) is 0 Å². The van der Waals surface area contributed by atoms with Crippen LogP contribution in [0.4, 0.5) is 20.6 Å². The lowest BCUT2D eigenvalue weighted by atomic mass is 10.2. The lowest BCUT2D eigenvalue weighted by Crippen LogP contribution is -2.42. The number of halogens is 1. The van der Waals surface area contributed by atoms with E-state index in [0.29, 0.717) is 0 Å². The standard InChI is InChI=1S/C21H25FN2O6/c1-20(2,3)30-19(27)24(13-7-8-13)16-9-6-12(10-15(16)22)23-11-14-17(25)28-21(4,5)29-18(14)26/h6,9-11,13,23H,7-8H2,1-5H3. The molecule has 1 aliphatic carbocycles. The maximum atomic E-state index is 14.8. The monoisotopic (exact) mass is 420 g/mol. The zero-order chi connectivity index (χ0) is 22.3. The van der Waals surface area contributed by atoms with Crippen molar-refractivity contribution in [2.45, 2.75) is 64.9 Å². The molecule has 1 heterocycles. The number of anilines is 2. The number of rotatable bonds is 4. The molecule has 162 valence electrons. The smallest absolute Gasteiger partial charge is 0.415 e. The Morgan fingerprint density at radius 1 is 1.23 bits per heavy atom. The third-order valence-electron chi connectivity index (χ3n) is 4.21. The summed E-state index contributed by atoms with van der Waals surface area (Å²) in [5.74, 6) is -3.67. The van der Waals surface area contributed by atoms with Gasteiger partial charge < -0.3 is 19.5 Å². The van der Waals surface area contributed by atoms with E-state index in [1.807, 2.05) is 0 Å². The Labute approximate surface area is 174 Å². The second kappa shape index (κ2) is 7.62. The second-order valence-corrected chi connectivity index (χ2v) is 8.63. The van der Waals surface area contributed by atoms with Crippen molar-refractivity contribution < 1.29 is 33.0 Å². The van der Waals surface area contributed by atoms with Gasteiger partial charge in [-0.05, 0) is 51.8 Å². The molecule has 8 nitrogen and oxygen atoms in total. The maximum absolute atomic E-state index is 14.8. The molecule has 1 N–H and O–H groups in total. The van der Waals surface area contributed by atoms with Gasteiger partial charge in [-0.2, -0.15) is 0 Å². The number of nitrogens with one attached hydrogen (secondary N) is 1. The van der Waals surface area contributed by atoms with E-state index >= 15 is 0 Å². The van der Waals surface area contributed by atoms with E-state index in [0.717, 1.165) is 25.1 Å². The van der Waals surface area contributed by atoms with Crippen LogP contribution >= 0.6 is 0 Å². The molecule has 0 spiro atoms. The molecule has 30 heavy (non-hydrogen) atoms. The summed E-state index contributed by atoms with van der Waals surface area (Å²) in [6.45, 7) is 8.12. The zero-order valence-electron chi connectivity index (χ0n) is 17.6. The van der Waals surface area contributed by atoms with Gasteiger partial charge >= 0.3 is 18.0 Å². The summed E-state index contributed by atoms with van der Waals surface area (Å²) < 4.78 is 30.2. The van der Waals surface area contributed by atoms with E-state index in [-0.39, 0.29) is 23.0 Å². The highest BCUT2D eigenvalue weighted by molar-refractivity contribution is 6.15. The van der Waals surface area contributed by atoms with E-state index in [1.54, 1.807) is 20.8 Å². The number of hydrogen-bond donors (Lipinski definition) is 1. The minimum atomic E-state index is -1.34. The predicted octanol–water partition coefficient (Wildman–Crippen LogP) is 3.86. The minimum Gasteiger partial charge on any atom is -0.443 e. The molecule has 0 radical (unpaired) electrons. The molecule has 1 aromatic carbocycles. The van der Waals surface area contributed by atoms with Gasteiger partial charge in [-0.15, -0.1) is 0 Å². The summed E-state index contributed by atoms with van der Waals surface area (Å²) in [7, 11) is 0. The highest BCUT2D eigenvalue weighted by atomic mass is 19.1. The van der Waals surface area contributed by atoms with Crippen LogP contribution in [0.5, 0.6) is 0 Å². The number of carbonyl (C=O) groups excluding carboxylic acids is 3. The quantitative estimate of drug-likeness (QED) is 0.449. The molecule has 2 fully saturated rings. The molecule has 0 atom stereocenters. The number of ether oxygens (including phenoxy) is 3. The van der Waals surface area contributed by atoms with Gasteiger partial charge in [0.2, 0.25) is 0 Å². The first-order chi connectivity index (χ1) is 13.9. The van der Waals surface area contributed by atoms with E-state index in [2.05, 4.69) is 5.32 Å². The minimum absolute atomic E-state index is 0.100. The first kappa shape index (κ1) is 21.6. The molecule has 1 aromatic rings. The van der Waals surface area contributed by atoms with Crippen LogP contribution < -0.4 is 10.2 Å². The fourth-order valence-electron chi connectivity index (χ4n) is 2.81. The van der Waals surface area contributed by atoms with Gasteiger partial charge in [-0.3, -0.25) is 4.90 Å². The fraction of sp³-hybridized carbons (Fsp3) is 0.476. The third-order valence-corrected chi connectivity index (χ3v) is 4.21. The van der Waals surface area contributed by atoms with Gasteiger partial charge in [0.05, 0.1) is 5.69 Å². The fourth-order valence-corrected chi connectivity index (χ4v) is 2.81. The first-order valence-electron chi connectivity index (χ1n) is 9.61. The van der Waals surface area contributed by atoms with Crippen molar-refractivity contribution in [1.29, 1.82) is 0 Å². The maximum Gasteiger partial charge on any atom is 0.415 e. The van der Waals surface area contributed by atoms with E-state index in [9.17, 15) is 18.8 Å². The van der Waals surface area contributed by atoms with Gasteiger partial charge in [0, 0.05) is 31.8 Å². The van der Waals surface area contributed by atoms with Crippen LogP contribution in [0.2, 0.25) is 0 Å². The van der Waals surface area contributed by atoms with Crippen molar-refractivity contribution in [3.63, 3.8) is 0 Å². The summed E-state index contributed by atoms with van der Waals surface area (Å²) in [5.41, 5.74) is -0.670. The van der Waals surface area contributed by atoms with Gasteiger partial charge in [0.15, 0.2) is 5.57 Å². The molecule has 1 aliphatic heterocycles. The molecule has 0 aromatic heterocycles. The number of amides is 1. The van der Waals surface area contributed by atoms with Crippen molar-refractivity contribution in [2.75, 3.05) is 10.2 Å². The number of benzene rings is 1. The predicted molar refractivity (Wildman–Crippen MR) is 106 cm³/mol. The van der Waals surface area contributed by atoms with Crippen molar-refractivity contribution in [3.8, 4) is 0 Å². The van der Waals surface area contributed by atoms with Crippen molar-refractivity contribution in [2.24, 2.45) is 0 Å². The normalized spacial score (nSPS) is 18.3. The second-order valence-electron chi connectivity index (χ2n) is 8.63. The third kappa shape index (κ3) is 5.08. The summed E-state index contributed by atoms with van der Waals surface area (Å²) >= 11 is 0. The van der Waals surface area contributed by atoms with Crippen molar-refractivity contribution in [1.82, 2.24) is 0 Å². The van der Waals surface area contributed by atoms with Crippen LogP contribution in [-0.2, 0) is 23.8 Å². The highest BCUT2D eigenvalue weighted by Crippen LogP contribution is 2.35. The molecule has 0 bridgehead atoms. The number of cyclic esters (lactones) is 2. The Bertz CT molecular complexity index is 893. The lowest BCUT2D eigenvalue weighted by molar-refractivity contribution is -0.222. The molecule has 1 saturated heterocycles. The molecular formula is C21H25FN2O6. The molecule has 1 amide bonds. The summed E-state index contributed by atoms with van der Waals surface area (Å²) in [4.78, 5) is 37.8. The van der Waals surface area contributed by atoms with Gasteiger partial charge in [0.25, 0.3) is 5.79 Å². The Kier molecular flexibility index (Phi) is 5.49. The topological polar surface area (TPSA) is 94.2 Å². The average Bonchev–Trinajstić information content (AvgIpc) is 3.38. The molecule has 1 saturated carbocycles. The molecule has 0 unspecified atom stereocenters. The molecular weight excluding hydrogens is 395 g/mol.